The number of hydrogen-bond donors (Lipinski definition) is 0. The molecule has 0 aliphatic heterocycles. The minimum absolute atomic E-state index is 0.733. The maximum atomic E-state index is 5.79. The first-order chi connectivity index (χ1) is 15.2. The molecule has 4 unspecified atom stereocenters. The molecular weight excluding hydrogens is 376 g/mol. The number of fused-ring (bicyclic) bond motifs is 1. The van der Waals surface area contributed by atoms with Crippen LogP contribution in [0.3, 0.4) is 0 Å². The predicted molar refractivity (Wildman–Crippen MR) is 133 cm³/mol. The molecule has 0 spiro atoms. The van der Waals surface area contributed by atoms with E-state index in [0.29, 0.717) is 0 Å². The van der Waals surface area contributed by atoms with Crippen LogP contribution < -0.4 is 4.74 Å². The molecule has 0 aromatic heterocycles. The fraction of sp³-hybridized carbons (Fsp3) is 0.733. The van der Waals surface area contributed by atoms with Crippen LogP contribution in [0, 0.1) is 29.6 Å². The van der Waals surface area contributed by atoms with Gasteiger partial charge in [-0.1, -0.05) is 76.5 Å². The van der Waals surface area contributed by atoms with Crippen molar-refractivity contribution in [3.63, 3.8) is 0 Å². The van der Waals surface area contributed by atoms with E-state index in [0.717, 1.165) is 54.3 Å². The van der Waals surface area contributed by atoms with Crippen molar-refractivity contribution < 1.29 is 4.74 Å². The third kappa shape index (κ3) is 6.39. The third-order valence-electron chi connectivity index (χ3n) is 9.19. The molecule has 1 aromatic carbocycles. The maximum absolute atomic E-state index is 5.79. The van der Waals surface area contributed by atoms with Crippen LogP contribution in [0.5, 0.6) is 5.75 Å². The maximum Gasteiger partial charge on any atom is 0.119 e. The topological polar surface area (TPSA) is 9.23 Å². The minimum atomic E-state index is 0.733. The molecule has 0 heterocycles. The van der Waals surface area contributed by atoms with E-state index < -0.39 is 0 Å². The van der Waals surface area contributed by atoms with Crippen molar-refractivity contribution in [2.45, 2.75) is 103 Å². The van der Waals surface area contributed by atoms with Gasteiger partial charge in [-0.2, -0.15) is 0 Å². The summed E-state index contributed by atoms with van der Waals surface area (Å²) in [5.41, 5.74) is 1.54. The highest BCUT2D eigenvalue weighted by Gasteiger charge is 2.36. The van der Waals surface area contributed by atoms with Gasteiger partial charge < -0.3 is 4.74 Å². The summed E-state index contributed by atoms with van der Waals surface area (Å²) < 4.78 is 5.79. The van der Waals surface area contributed by atoms with Crippen molar-refractivity contribution >= 4 is 0 Å². The zero-order valence-corrected chi connectivity index (χ0v) is 20.1. The molecular formula is C30H46O. The lowest BCUT2D eigenvalue weighted by atomic mass is 9.63. The van der Waals surface area contributed by atoms with Crippen molar-refractivity contribution in [2.75, 3.05) is 6.61 Å². The lowest BCUT2D eigenvalue weighted by Gasteiger charge is -2.43. The summed E-state index contributed by atoms with van der Waals surface area (Å²) in [5, 5.41) is 0. The highest BCUT2D eigenvalue weighted by Crippen LogP contribution is 2.49. The summed E-state index contributed by atoms with van der Waals surface area (Å²) in [6.45, 7) is 6.88. The summed E-state index contributed by atoms with van der Waals surface area (Å²) >= 11 is 0. The third-order valence-corrected chi connectivity index (χ3v) is 9.19. The van der Waals surface area contributed by atoms with Gasteiger partial charge in [0.1, 0.15) is 5.75 Å². The molecule has 0 saturated heterocycles. The molecule has 172 valence electrons. The van der Waals surface area contributed by atoms with Gasteiger partial charge in [0.25, 0.3) is 0 Å². The summed E-state index contributed by atoms with van der Waals surface area (Å²) in [6.07, 6.45) is 22.2. The Balaban J connectivity index is 1.19. The molecule has 3 aliphatic rings. The standard InChI is InChI=1S/C30H46O/c1-3-5-20-31-30-18-16-26(17-19-30)28-15-14-27-21-25(12-13-29(27)22-28)11-10-24-8-6-23(4-2)7-9-24/h3,16-19,23-25,27-29H,1,4-15,20-22H2,2H3. The Morgan fingerprint density at radius 2 is 1.45 bits per heavy atom. The number of ether oxygens (including phenoxy) is 1. The van der Waals surface area contributed by atoms with Gasteiger partial charge in [0.05, 0.1) is 6.61 Å². The lowest BCUT2D eigenvalue weighted by molar-refractivity contribution is 0.109. The molecule has 4 rings (SSSR count). The number of hydrogen-bond acceptors (Lipinski definition) is 1. The van der Waals surface area contributed by atoms with Gasteiger partial charge in [0, 0.05) is 0 Å². The van der Waals surface area contributed by atoms with Crippen molar-refractivity contribution in [1.29, 1.82) is 0 Å². The van der Waals surface area contributed by atoms with E-state index in [9.17, 15) is 0 Å². The Hall–Kier alpha value is -1.24. The van der Waals surface area contributed by atoms with Gasteiger partial charge in [-0.25, -0.2) is 0 Å². The van der Waals surface area contributed by atoms with Gasteiger partial charge in [0.15, 0.2) is 0 Å². The first-order valence-corrected chi connectivity index (χ1v) is 13.6. The van der Waals surface area contributed by atoms with Crippen molar-refractivity contribution in [1.82, 2.24) is 0 Å². The highest BCUT2D eigenvalue weighted by atomic mass is 16.5. The smallest absolute Gasteiger partial charge is 0.119 e. The Morgan fingerprint density at radius 1 is 0.806 bits per heavy atom. The molecule has 1 aromatic rings. The van der Waals surface area contributed by atoms with E-state index in [2.05, 4.69) is 37.8 Å². The molecule has 1 nitrogen and oxygen atoms in total. The first-order valence-electron chi connectivity index (χ1n) is 13.6. The van der Waals surface area contributed by atoms with Gasteiger partial charge >= 0.3 is 0 Å². The summed E-state index contributed by atoms with van der Waals surface area (Å²) in [4.78, 5) is 0. The largest absolute Gasteiger partial charge is 0.493 e. The van der Waals surface area contributed by atoms with Crippen LogP contribution in [0.1, 0.15) is 108 Å². The van der Waals surface area contributed by atoms with E-state index in [-0.39, 0.29) is 0 Å². The molecule has 3 aliphatic carbocycles. The Bertz CT molecular complexity index is 653. The zero-order valence-electron chi connectivity index (χ0n) is 20.1. The van der Waals surface area contributed by atoms with Crippen LogP contribution in [-0.4, -0.2) is 6.61 Å². The normalized spacial score (nSPS) is 33.5. The van der Waals surface area contributed by atoms with Crippen LogP contribution in [0.4, 0.5) is 0 Å². The number of benzene rings is 1. The fourth-order valence-corrected chi connectivity index (χ4v) is 7.05. The van der Waals surface area contributed by atoms with Crippen LogP contribution in [-0.2, 0) is 0 Å². The molecule has 3 fully saturated rings. The van der Waals surface area contributed by atoms with Crippen LogP contribution in [0.15, 0.2) is 36.9 Å². The average molecular weight is 423 g/mol. The van der Waals surface area contributed by atoms with Crippen LogP contribution >= 0.6 is 0 Å². The Morgan fingerprint density at radius 3 is 2.19 bits per heavy atom. The van der Waals surface area contributed by atoms with E-state index in [1.54, 1.807) is 5.56 Å². The molecule has 0 bridgehead atoms. The highest BCUT2D eigenvalue weighted by molar-refractivity contribution is 5.30. The van der Waals surface area contributed by atoms with Crippen LogP contribution in [0.25, 0.3) is 0 Å². The summed E-state index contributed by atoms with van der Waals surface area (Å²) in [6, 6.07) is 9.01. The SMILES string of the molecule is C=CCCOc1ccc(C2CCC3CC(CCC4CCC(CC)CC4)CCC3C2)cc1. The molecule has 1 heteroatoms. The minimum Gasteiger partial charge on any atom is -0.493 e. The molecule has 4 atom stereocenters. The van der Waals surface area contributed by atoms with Gasteiger partial charge in [-0.3, -0.25) is 0 Å². The van der Waals surface area contributed by atoms with Crippen molar-refractivity contribution in [3.05, 3.63) is 42.5 Å². The quantitative estimate of drug-likeness (QED) is 0.285. The molecule has 0 N–H and O–H groups in total. The van der Waals surface area contributed by atoms with Crippen molar-refractivity contribution in [2.24, 2.45) is 29.6 Å². The average Bonchev–Trinajstić information content (AvgIpc) is 2.83. The monoisotopic (exact) mass is 422 g/mol. The molecule has 31 heavy (non-hydrogen) atoms. The van der Waals surface area contributed by atoms with E-state index in [4.69, 9.17) is 4.74 Å². The van der Waals surface area contributed by atoms with E-state index in [1.165, 1.54) is 83.5 Å². The van der Waals surface area contributed by atoms with E-state index in [1.807, 2.05) is 6.08 Å². The summed E-state index contributed by atoms with van der Waals surface area (Å²) in [5.74, 6) is 6.92. The van der Waals surface area contributed by atoms with Crippen LogP contribution in [0.2, 0.25) is 0 Å². The van der Waals surface area contributed by atoms with E-state index >= 15 is 0 Å². The Kier molecular flexibility index (Phi) is 8.56. The lowest BCUT2D eigenvalue weighted by Crippen LogP contribution is -2.30. The Labute approximate surface area is 192 Å². The van der Waals surface area contributed by atoms with Gasteiger partial charge in [0.2, 0.25) is 0 Å². The van der Waals surface area contributed by atoms with Gasteiger partial charge in [-0.15, -0.1) is 6.58 Å². The second kappa shape index (κ2) is 11.6. The molecule has 0 radical (unpaired) electrons. The fourth-order valence-electron chi connectivity index (χ4n) is 7.05. The molecule has 3 saturated carbocycles. The number of rotatable bonds is 9. The predicted octanol–water partition coefficient (Wildman–Crippen LogP) is 8.94. The van der Waals surface area contributed by atoms with Gasteiger partial charge in [-0.05, 0) is 91.7 Å². The first kappa shape index (κ1) is 22.9. The second-order valence-electron chi connectivity index (χ2n) is 11.1. The molecule has 0 amide bonds. The van der Waals surface area contributed by atoms with Crippen molar-refractivity contribution in [3.8, 4) is 5.75 Å². The second-order valence-corrected chi connectivity index (χ2v) is 11.1. The summed E-state index contributed by atoms with van der Waals surface area (Å²) in [7, 11) is 0. The zero-order chi connectivity index (χ0) is 21.5.